The van der Waals surface area contributed by atoms with Crippen molar-refractivity contribution in [1.29, 1.82) is 0 Å². The molecule has 2 nitrogen and oxygen atoms in total. The van der Waals surface area contributed by atoms with E-state index in [2.05, 4.69) is 5.32 Å². The molecule has 0 aliphatic heterocycles. The van der Waals surface area contributed by atoms with Crippen molar-refractivity contribution in [3.05, 3.63) is 64.2 Å². The highest BCUT2D eigenvalue weighted by Crippen LogP contribution is 2.22. The molecule has 104 valence electrons. The van der Waals surface area contributed by atoms with Crippen LogP contribution < -0.4 is 5.32 Å². The Bertz CT molecular complexity index is 690. The van der Waals surface area contributed by atoms with Gasteiger partial charge in [-0.15, -0.1) is 0 Å². The molecule has 0 heterocycles. The molecule has 2 aromatic carbocycles. The number of rotatable bonds is 2. The summed E-state index contributed by atoms with van der Waals surface area (Å²) in [6, 6.07) is 3.73. The van der Waals surface area contributed by atoms with Gasteiger partial charge in [0, 0.05) is 6.07 Å². The lowest BCUT2D eigenvalue weighted by molar-refractivity contribution is 0.102. The van der Waals surface area contributed by atoms with Crippen molar-refractivity contribution in [3.63, 3.8) is 0 Å². The molecule has 2 aromatic rings. The molecular weight excluding hydrogens is 298 g/mol. The van der Waals surface area contributed by atoms with Gasteiger partial charge in [0.15, 0.2) is 11.6 Å². The summed E-state index contributed by atoms with van der Waals surface area (Å²) in [6.45, 7) is 0. The van der Waals surface area contributed by atoms with Crippen LogP contribution in [0.5, 0.6) is 0 Å². The predicted molar refractivity (Wildman–Crippen MR) is 65.7 cm³/mol. The second-order valence-electron chi connectivity index (χ2n) is 3.82. The van der Waals surface area contributed by atoms with Crippen molar-refractivity contribution in [2.45, 2.75) is 0 Å². The topological polar surface area (TPSA) is 29.1 Å². The van der Waals surface area contributed by atoms with Gasteiger partial charge in [0.1, 0.15) is 11.6 Å². The summed E-state index contributed by atoms with van der Waals surface area (Å²) in [5, 5.41) is 1.76. The van der Waals surface area contributed by atoms with Crippen LogP contribution in [0.3, 0.4) is 0 Å². The Hall–Kier alpha value is -2.08. The van der Waals surface area contributed by atoms with Gasteiger partial charge in [-0.3, -0.25) is 4.79 Å². The lowest BCUT2D eigenvalue weighted by Gasteiger charge is -2.08. The maximum atomic E-state index is 13.3. The highest BCUT2D eigenvalue weighted by Gasteiger charge is 2.16. The summed E-state index contributed by atoms with van der Waals surface area (Å²) in [5.41, 5.74) is -0.675. The van der Waals surface area contributed by atoms with E-state index in [-0.39, 0.29) is 16.3 Å². The number of nitrogens with one attached hydrogen (secondary N) is 1. The first-order chi connectivity index (χ1) is 9.38. The number of amides is 1. The van der Waals surface area contributed by atoms with E-state index < -0.39 is 29.2 Å². The fraction of sp³-hybridized carbons (Fsp3) is 0. The Morgan fingerprint density at radius 2 is 1.60 bits per heavy atom. The summed E-state index contributed by atoms with van der Waals surface area (Å²) in [5.74, 6) is -5.23. The largest absolute Gasteiger partial charge is 0.319 e. The van der Waals surface area contributed by atoms with E-state index in [4.69, 9.17) is 11.6 Å². The molecule has 1 N–H and O–H groups in total. The molecular formula is C13H6ClF4NO. The second-order valence-corrected chi connectivity index (χ2v) is 4.23. The molecule has 0 saturated heterocycles. The van der Waals surface area contributed by atoms with E-state index in [9.17, 15) is 22.4 Å². The molecule has 0 aromatic heterocycles. The number of carbonyl (C=O) groups is 1. The molecule has 2 rings (SSSR count). The minimum Gasteiger partial charge on any atom is -0.319 e. The highest BCUT2D eigenvalue weighted by molar-refractivity contribution is 6.34. The number of benzene rings is 2. The number of anilines is 1. The van der Waals surface area contributed by atoms with Crippen molar-refractivity contribution in [2.24, 2.45) is 0 Å². The smallest absolute Gasteiger partial charge is 0.257 e. The van der Waals surface area contributed by atoms with E-state index >= 15 is 0 Å². The van der Waals surface area contributed by atoms with E-state index in [1.54, 1.807) is 0 Å². The van der Waals surface area contributed by atoms with E-state index in [0.717, 1.165) is 12.1 Å². The summed E-state index contributed by atoms with van der Waals surface area (Å²) >= 11 is 5.61. The van der Waals surface area contributed by atoms with Crippen LogP contribution in [0.4, 0.5) is 23.2 Å². The van der Waals surface area contributed by atoms with Crippen LogP contribution in [-0.4, -0.2) is 5.91 Å². The van der Waals surface area contributed by atoms with Crippen LogP contribution in [0, 0.1) is 23.3 Å². The minimum absolute atomic E-state index is 0.308. The lowest BCUT2D eigenvalue weighted by Crippen LogP contribution is -2.14. The van der Waals surface area contributed by atoms with Crippen LogP contribution in [0.25, 0.3) is 0 Å². The zero-order valence-electron chi connectivity index (χ0n) is 9.68. The van der Waals surface area contributed by atoms with E-state index in [1.165, 1.54) is 0 Å². The van der Waals surface area contributed by atoms with Crippen molar-refractivity contribution in [1.82, 2.24) is 0 Å². The third-order valence-electron chi connectivity index (χ3n) is 2.43. The van der Waals surface area contributed by atoms with Crippen molar-refractivity contribution in [3.8, 4) is 0 Å². The average molecular weight is 304 g/mol. The summed E-state index contributed by atoms with van der Waals surface area (Å²) < 4.78 is 52.0. The van der Waals surface area contributed by atoms with Crippen molar-refractivity contribution < 1.29 is 22.4 Å². The van der Waals surface area contributed by atoms with Crippen LogP contribution in [0.15, 0.2) is 30.3 Å². The standard InChI is InChI=1S/C13H6ClF4NO/c14-8-5-10(17)9(16)4-7(8)13(20)19-12-2-1-6(15)3-11(12)18/h1-5H,(H,19,20). The molecule has 0 aliphatic carbocycles. The van der Waals surface area contributed by atoms with Gasteiger partial charge in [0.2, 0.25) is 0 Å². The molecule has 0 aliphatic rings. The Morgan fingerprint density at radius 3 is 2.25 bits per heavy atom. The maximum absolute atomic E-state index is 13.3. The molecule has 1 amide bonds. The Balaban J connectivity index is 2.31. The molecule has 0 bridgehead atoms. The Morgan fingerprint density at radius 1 is 0.950 bits per heavy atom. The zero-order chi connectivity index (χ0) is 14.9. The number of halogens is 5. The van der Waals surface area contributed by atoms with Gasteiger partial charge in [0.25, 0.3) is 5.91 Å². The summed E-state index contributed by atoms with van der Waals surface area (Å²) in [4.78, 5) is 11.8. The molecule has 0 unspecified atom stereocenters. The van der Waals surface area contributed by atoms with Gasteiger partial charge < -0.3 is 5.32 Å². The Kier molecular flexibility index (Phi) is 3.94. The number of hydrogen-bond acceptors (Lipinski definition) is 1. The van der Waals surface area contributed by atoms with Crippen LogP contribution in [-0.2, 0) is 0 Å². The first-order valence-corrected chi connectivity index (χ1v) is 5.67. The molecule has 0 saturated carbocycles. The lowest BCUT2D eigenvalue weighted by atomic mass is 10.2. The van der Waals surface area contributed by atoms with E-state index in [1.807, 2.05) is 0 Å². The second kappa shape index (κ2) is 5.50. The molecule has 0 spiro atoms. The quantitative estimate of drug-likeness (QED) is 0.655. The monoisotopic (exact) mass is 303 g/mol. The molecule has 0 fully saturated rings. The van der Waals surface area contributed by atoms with Gasteiger partial charge in [-0.2, -0.15) is 0 Å². The third kappa shape index (κ3) is 2.91. The van der Waals surface area contributed by atoms with Gasteiger partial charge >= 0.3 is 0 Å². The average Bonchev–Trinajstić information content (AvgIpc) is 2.37. The van der Waals surface area contributed by atoms with Gasteiger partial charge in [0.05, 0.1) is 16.3 Å². The van der Waals surface area contributed by atoms with Crippen LogP contribution in [0.2, 0.25) is 5.02 Å². The highest BCUT2D eigenvalue weighted by atomic mass is 35.5. The summed E-state index contributed by atoms with van der Waals surface area (Å²) in [7, 11) is 0. The van der Waals surface area contributed by atoms with Crippen LogP contribution in [0.1, 0.15) is 10.4 Å². The minimum atomic E-state index is -1.26. The van der Waals surface area contributed by atoms with Gasteiger partial charge in [-0.05, 0) is 24.3 Å². The predicted octanol–water partition coefficient (Wildman–Crippen LogP) is 4.15. The van der Waals surface area contributed by atoms with Crippen molar-refractivity contribution >= 4 is 23.2 Å². The van der Waals surface area contributed by atoms with Gasteiger partial charge in [-0.1, -0.05) is 11.6 Å². The zero-order valence-corrected chi connectivity index (χ0v) is 10.4. The first kappa shape index (κ1) is 14.3. The first-order valence-electron chi connectivity index (χ1n) is 5.29. The number of carbonyl (C=O) groups excluding carboxylic acids is 1. The fourth-order valence-electron chi connectivity index (χ4n) is 1.48. The van der Waals surface area contributed by atoms with Crippen molar-refractivity contribution in [2.75, 3.05) is 5.32 Å². The number of hydrogen-bond donors (Lipinski definition) is 1. The van der Waals surface area contributed by atoms with Crippen LogP contribution >= 0.6 is 11.6 Å². The van der Waals surface area contributed by atoms with Gasteiger partial charge in [-0.25, -0.2) is 17.6 Å². The molecule has 7 heteroatoms. The Labute approximate surface area is 116 Å². The van der Waals surface area contributed by atoms with E-state index in [0.29, 0.717) is 18.2 Å². The SMILES string of the molecule is O=C(Nc1ccc(F)cc1F)c1cc(F)c(F)cc1Cl. The fourth-order valence-corrected chi connectivity index (χ4v) is 1.71. The maximum Gasteiger partial charge on any atom is 0.257 e. The normalized spacial score (nSPS) is 10.4. The molecule has 20 heavy (non-hydrogen) atoms. The third-order valence-corrected chi connectivity index (χ3v) is 2.75. The molecule has 0 radical (unpaired) electrons. The molecule has 0 atom stereocenters. The summed E-state index contributed by atoms with van der Waals surface area (Å²) in [6.07, 6.45) is 0.